The molecule has 0 N–H and O–H groups in total. The zero-order chi connectivity index (χ0) is 15.3. The largest absolute Gasteiger partial charge is 0.103 e. The highest BCUT2D eigenvalue weighted by molar-refractivity contribution is 6.89. The van der Waals surface area contributed by atoms with Gasteiger partial charge in [0.1, 0.15) is 0 Å². The van der Waals surface area contributed by atoms with Crippen molar-refractivity contribution >= 4 is 13.3 Å². The molecule has 0 aromatic heterocycles. The predicted molar refractivity (Wildman–Crippen MR) is 92.4 cm³/mol. The molecule has 1 heteroatoms. The Bertz CT molecular complexity index is 563. The molecule has 2 aromatic rings. The van der Waals surface area contributed by atoms with Crippen molar-refractivity contribution in [2.45, 2.75) is 31.5 Å². The topological polar surface area (TPSA) is 0 Å². The highest BCUT2D eigenvalue weighted by Crippen LogP contribution is 2.29. The van der Waals surface area contributed by atoms with Gasteiger partial charge in [-0.3, -0.25) is 0 Å². The molecular formula is C19H24Si. The number of allylic oxidation sites excluding steroid dienone is 1. The van der Waals surface area contributed by atoms with E-state index in [1.807, 2.05) is 18.2 Å². The average Bonchev–Trinajstić information content (AvgIpc) is 2.53. The highest BCUT2D eigenvalue weighted by atomic mass is 28.3. The lowest BCUT2D eigenvalue weighted by Gasteiger charge is -2.28. The molecule has 0 spiro atoms. The molecule has 20 heavy (non-hydrogen) atoms. The van der Waals surface area contributed by atoms with Crippen molar-refractivity contribution in [2.75, 3.05) is 0 Å². The molecule has 2 aromatic carbocycles. The predicted octanol–water partition coefficient (Wildman–Crippen LogP) is 4.96. The molecule has 0 aliphatic heterocycles. The first-order valence-electron chi connectivity index (χ1n) is 7.78. The van der Waals surface area contributed by atoms with Gasteiger partial charge >= 0.3 is 0 Å². The van der Waals surface area contributed by atoms with Crippen LogP contribution in [0.4, 0.5) is 0 Å². The van der Waals surface area contributed by atoms with Crippen LogP contribution >= 0.6 is 0 Å². The molecule has 0 unspecified atom stereocenters. The van der Waals surface area contributed by atoms with Crippen LogP contribution in [0.2, 0.25) is 19.1 Å². The third-order valence-corrected chi connectivity index (χ3v) is 6.84. The summed E-state index contributed by atoms with van der Waals surface area (Å²) >= 11 is 0. The zero-order valence-corrected chi connectivity index (χ0v) is 13.4. The van der Waals surface area contributed by atoms with Crippen LogP contribution in [0.1, 0.15) is 19.3 Å². The minimum absolute atomic E-state index is 0.0831. The molecule has 0 heterocycles. The molecule has 0 aliphatic carbocycles. The number of hydrogen-bond acceptors (Lipinski definition) is 0. The van der Waals surface area contributed by atoms with Gasteiger partial charge in [0.2, 0.25) is 0 Å². The Morgan fingerprint density at radius 1 is 1.05 bits per heavy atom. The second-order valence-electron chi connectivity index (χ2n) is 5.80. The molecule has 0 nitrogen and oxygen atoms in total. The summed E-state index contributed by atoms with van der Waals surface area (Å²) in [6.45, 7) is 8.50. The van der Waals surface area contributed by atoms with Crippen molar-refractivity contribution in [2.24, 2.45) is 0 Å². The standard InChI is InChI=1S/C19H24Si/c1-4-11-18(17-12-7-5-8-13-17)16-20(2,3)19-14-9-6-10-15-19/h4-10,12-15,18H,1,11,16H2,2-3H3/t18-/m0/s1/i16D/t16-,18+/m1. The maximum atomic E-state index is 8.92. The lowest BCUT2D eigenvalue weighted by Crippen LogP contribution is -2.42. The van der Waals surface area contributed by atoms with Gasteiger partial charge in [-0.25, -0.2) is 0 Å². The number of rotatable bonds is 6. The van der Waals surface area contributed by atoms with Crippen LogP contribution in [0.3, 0.4) is 0 Å². The van der Waals surface area contributed by atoms with Crippen LogP contribution in [-0.2, 0) is 0 Å². The summed E-state index contributed by atoms with van der Waals surface area (Å²) in [5.74, 6) is 0.227. The average molecular weight is 281 g/mol. The first-order valence-corrected chi connectivity index (χ1v) is 10.3. The number of benzene rings is 2. The van der Waals surface area contributed by atoms with E-state index in [1.54, 1.807) is 0 Å². The fourth-order valence-electron chi connectivity index (χ4n) is 2.65. The van der Waals surface area contributed by atoms with E-state index in [0.717, 1.165) is 6.42 Å². The SMILES string of the molecule is [2H][C@H]([C@H](CC=C)c1ccccc1)[Si](C)(C)c1ccccc1. The highest BCUT2D eigenvalue weighted by Gasteiger charge is 2.27. The number of hydrogen-bond donors (Lipinski definition) is 0. The second kappa shape index (κ2) is 6.71. The molecule has 0 saturated carbocycles. The van der Waals surface area contributed by atoms with Crippen LogP contribution in [0.25, 0.3) is 0 Å². The van der Waals surface area contributed by atoms with Crippen LogP contribution in [-0.4, -0.2) is 8.07 Å². The van der Waals surface area contributed by atoms with E-state index in [1.165, 1.54) is 10.8 Å². The van der Waals surface area contributed by atoms with Gasteiger partial charge in [-0.2, -0.15) is 0 Å². The van der Waals surface area contributed by atoms with Crippen LogP contribution in [0.5, 0.6) is 0 Å². The van der Waals surface area contributed by atoms with E-state index in [9.17, 15) is 0 Å². The van der Waals surface area contributed by atoms with Gasteiger partial charge in [-0.15, -0.1) is 6.58 Å². The van der Waals surface area contributed by atoms with Crippen LogP contribution in [0, 0.1) is 0 Å². The zero-order valence-electron chi connectivity index (χ0n) is 13.4. The van der Waals surface area contributed by atoms with E-state index in [4.69, 9.17) is 1.37 Å². The Morgan fingerprint density at radius 3 is 2.15 bits per heavy atom. The van der Waals surface area contributed by atoms with E-state index in [0.29, 0.717) is 0 Å². The summed E-state index contributed by atoms with van der Waals surface area (Å²) in [5, 5.41) is 1.36. The molecule has 104 valence electrons. The second-order valence-corrected chi connectivity index (χ2v) is 10.1. The van der Waals surface area contributed by atoms with Crippen LogP contribution in [0.15, 0.2) is 73.3 Å². The molecule has 2 rings (SSSR count). The maximum Gasteiger partial charge on any atom is 0.0812 e. The van der Waals surface area contributed by atoms with Crippen molar-refractivity contribution in [3.05, 3.63) is 78.9 Å². The van der Waals surface area contributed by atoms with Gasteiger partial charge in [0, 0.05) is 1.37 Å². The van der Waals surface area contributed by atoms with Gasteiger partial charge < -0.3 is 0 Å². The van der Waals surface area contributed by atoms with E-state index in [-0.39, 0.29) is 11.9 Å². The lowest BCUT2D eigenvalue weighted by molar-refractivity contribution is 0.768. The van der Waals surface area contributed by atoms with E-state index >= 15 is 0 Å². The smallest absolute Gasteiger partial charge is 0.0812 e. The summed E-state index contributed by atoms with van der Waals surface area (Å²) in [5.41, 5.74) is 1.26. The molecule has 0 saturated heterocycles. The minimum atomic E-state index is -1.85. The first kappa shape index (κ1) is 13.4. The summed E-state index contributed by atoms with van der Waals surface area (Å²) in [6, 6.07) is 21.0. The lowest BCUT2D eigenvalue weighted by atomic mass is 9.98. The van der Waals surface area contributed by atoms with Crippen molar-refractivity contribution < 1.29 is 1.37 Å². The third-order valence-electron chi connectivity index (χ3n) is 3.78. The van der Waals surface area contributed by atoms with Gasteiger partial charge in [-0.05, 0) is 23.9 Å². The minimum Gasteiger partial charge on any atom is -0.103 e. The van der Waals surface area contributed by atoms with E-state index < -0.39 is 8.07 Å². The van der Waals surface area contributed by atoms with Gasteiger partial charge in [0.05, 0.1) is 8.07 Å². The Balaban J connectivity index is 2.34. The van der Waals surface area contributed by atoms with Gasteiger partial charge in [0.25, 0.3) is 0 Å². The molecule has 0 aliphatic rings. The Hall–Kier alpha value is -1.60. The first-order chi connectivity index (χ1) is 10.1. The Morgan fingerprint density at radius 2 is 1.60 bits per heavy atom. The quantitative estimate of drug-likeness (QED) is 0.518. The van der Waals surface area contributed by atoms with Crippen molar-refractivity contribution in [3.8, 4) is 0 Å². The Labute approximate surface area is 125 Å². The molecule has 0 amide bonds. The normalized spacial score (nSPS) is 15.2. The van der Waals surface area contributed by atoms with Crippen molar-refractivity contribution in [1.29, 1.82) is 0 Å². The maximum absolute atomic E-state index is 8.92. The Kier molecular flexibility index (Phi) is 4.49. The molecule has 2 atom stereocenters. The summed E-state index contributed by atoms with van der Waals surface area (Å²) < 4.78 is 8.92. The van der Waals surface area contributed by atoms with Crippen LogP contribution < -0.4 is 5.19 Å². The monoisotopic (exact) mass is 281 g/mol. The van der Waals surface area contributed by atoms with Gasteiger partial charge in [0.15, 0.2) is 0 Å². The van der Waals surface area contributed by atoms with Crippen molar-refractivity contribution in [3.63, 3.8) is 0 Å². The van der Waals surface area contributed by atoms with Crippen molar-refractivity contribution in [1.82, 2.24) is 0 Å². The summed E-state index contributed by atoms with van der Waals surface area (Å²) in [6.07, 6.45) is 2.82. The molecule has 0 bridgehead atoms. The summed E-state index contributed by atoms with van der Waals surface area (Å²) in [4.78, 5) is 0. The van der Waals surface area contributed by atoms with Gasteiger partial charge in [-0.1, -0.05) is 85.0 Å². The fourth-order valence-corrected chi connectivity index (χ4v) is 5.23. The summed E-state index contributed by atoms with van der Waals surface area (Å²) in [7, 11) is -1.85. The molecule has 0 radical (unpaired) electrons. The molecular weight excluding hydrogens is 256 g/mol. The third kappa shape index (κ3) is 3.70. The van der Waals surface area contributed by atoms with E-state index in [2.05, 4.69) is 68.2 Å². The fraction of sp³-hybridized carbons (Fsp3) is 0.263. The molecule has 0 fully saturated rings.